The molecule has 1 aromatic rings. The lowest BCUT2D eigenvalue weighted by Gasteiger charge is -2.42. The SMILES string of the molecule is COC(=O)COc1ccc(N2CCC(N(C)C3CCNCC3)CC2)cc1. The van der Waals surface area contributed by atoms with Crippen molar-refractivity contribution in [3.8, 4) is 5.75 Å². The normalized spacial score (nSPS) is 19.6. The molecule has 0 bridgehead atoms. The minimum absolute atomic E-state index is 0.0513. The molecular formula is C20H31N3O3. The predicted octanol–water partition coefficient (Wildman–Crippen LogP) is 1.89. The molecule has 0 spiro atoms. The zero-order valence-corrected chi connectivity index (χ0v) is 15.9. The molecule has 0 amide bonds. The second-order valence-electron chi connectivity index (χ2n) is 7.22. The third-order valence-electron chi connectivity index (χ3n) is 5.71. The molecule has 2 saturated heterocycles. The third kappa shape index (κ3) is 4.89. The quantitative estimate of drug-likeness (QED) is 0.781. The molecule has 144 valence electrons. The highest BCUT2D eigenvalue weighted by Gasteiger charge is 2.27. The Hall–Kier alpha value is -1.79. The smallest absolute Gasteiger partial charge is 0.343 e. The van der Waals surface area contributed by atoms with Gasteiger partial charge in [-0.3, -0.25) is 0 Å². The van der Waals surface area contributed by atoms with Gasteiger partial charge in [0.2, 0.25) is 0 Å². The fourth-order valence-electron chi connectivity index (χ4n) is 4.00. The number of carbonyl (C=O) groups excluding carboxylic acids is 1. The molecule has 0 unspecified atom stereocenters. The van der Waals surface area contributed by atoms with Crippen LogP contribution in [0.15, 0.2) is 24.3 Å². The van der Waals surface area contributed by atoms with E-state index in [2.05, 4.69) is 39.0 Å². The van der Waals surface area contributed by atoms with Crippen molar-refractivity contribution in [1.82, 2.24) is 10.2 Å². The molecule has 1 aromatic carbocycles. The number of nitrogens with zero attached hydrogens (tertiary/aromatic N) is 2. The Kier molecular flexibility index (Phi) is 6.74. The zero-order chi connectivity index (χ0) is 18.4. The summed E-state index contributed by atoms with van der Waals surface area (Å²) >= 11 is 0. The first-order chi connectivity index (χ1) is 12.7. The van der Waals surface area contributed by atoms with Crippen molar-refractivity contribution in [3.63, 3.8) is 0 Å². The largest absolute Gasteiger partial charge is 0.482 e. The first-order valence-electron chi connectivity index (χ1n) is 9.64. The Morgan fingerprint density at radius 3 is 2.35 bits per heavy atom. The number of benzene rings is 1. The second kappa shape index (κ2) is 9.24. The van der Waals surface area contributed by atoms with Gasteiger partial charge in [0, 0.05) is 30.9 Å². The van der Waals surface area contributed by atoms with Gasteiger partial charge in [0.05, 0.1) is 7.11 Å². The molecular weight excluding hydrogens is 330 g/mol. The van der Waals surface area contributed by atoms with E-state index in [0.717, 1.165) is 32.2 Å². The van der Waals surface area contributed by atoms with Gasteiger partial charge in [-0.05, 0) is 70.1 Å². The van der Waals surface area contributed by atoms with Crippen molar-refractivity contribution in [1.29, 1.82) is 0 Å². The number of esters is 1. The molecule has 26 heavy (non-hydrogen) atoms. The van der Waals surface area contributed by atoms with E-state index in [0.29, 0.717) is 11.8 Å². The lowest BCUT2D eigenvalue weighted by Crippen LogP contribution is -2.50. The molecule has 6 heteroatoms. The van der Waals surface area contributed by atoms with Gasteiger partial charge in [-0.2, -0.15) is 0 Å². The molecule has 0 aliphatic carbocycles. The number of rotatable bonds is 6. The van der Waals surface area contributed by atoms with Crippen LogP contribution in [-0.2, 0) is 9.53 Å². The highest BCUT2D eigenvalue weighted by Crippen LogP contribution is 2.26. The Bertz CT molecular complexity index is 564. The van der Waals surface area contributed by atoms with Crippen LogP contribution >= 0.6 is 0 Å². The maximum Gasteiger partial charge on any atom is 0.343 e. The second-order valence-corrected chi connectivity index (χ2v) is 7.22. The Labute approximate surface area is 156 Å². The summed E-state index contributed by atoms with van der Waals surface area (Å²) in [6, 6.07) is 9.42. The molecule has 2 aliphatic heterocycles. The van der Waals surface area contributed by atoms with Crippen LogP contribution in [0.2, 0.25) is 0 Å². The Morgan fingerprint density at radius 1 is 1.12 bits per heavy atom. The molecule has 3 rings (SSSR count). The number of hydrogen-bond acceptors (Lipinski definition) is 6. The molecule has 2 aliphatic rings. The first kappa shape index (κ1) is 19.0. The molecule has 2 heterocycles. The summed E-state index contributed by atoms with van der Waals surface area (Å²) in [5, 5.41) is 3.45. The number of ether oxygens (including phenoxy) is 2. The molecule has 6 nitrogen and oxygen atoms in total. The lowest BCUT2D eigenvalue weighted by molar-refractivity contribution is -0.142. The lowest BCUT2D eigenvalue weighted by atomic mass is 9.97. The maximum atomic E-state index is 11.1. The van der Waals surface area contributed by atoms with E-state index in [9.17, 15) is 4.79 Å². The standard InChI is InChI=1S/C20H31N3O3/c1-22(16-7-11-21-12-8-16)17-9-13-23(14-10-17)18-3-5-19(6-4-18)26-15-20(24)25-2/h3-6,16-17,21H,7-15H2,1-2H3. The van der Waals surface area contributed by atoms with Gasteiger partial charge in [0.15, 0.2) is 6.61 Å². The van der Waals surface area contributed by atoms with Crippen LogP contribution in [-0.4, -0.2) is 69.9 Å². The highest BCUT2D eigenvalue weighted by molar-refractivity contribution is 5.70. The minimum Gasteiger partial charge on any atom is -0.482 e. The van der Waals surface area contributed by atoms with Crippen LogP contribution in [0.4, 0.5) is 5.69 Å². The van der Waals surface area contributed by atoms with Crippen molar-refractivity contribution in [3.05, 3.63) is 24.3 Å². The first-order valence-corrected chi connectivity index (χ1v) is 9.64. The summed E-state index contributed by atoms with van der Waals surface area (Å²) < 4.78 is 10.00. The summed E-state index contributed by atoms with van der Waals surface area (Å²) in [5.41, 5.74) is 1.22. The van der Waals surface area contributed by atoms with E-state index in [-0.39, 0.29) is 12.6 Å². The van der Waals surface area contributed by atoms with Gasteiger partial charge in [-0.25, -0.2) is 4.79 Å². The Morgan fingerprint density at radius 2 is 1.73 bits per heavy atom. The van der Waals surface area contributed by atoms with Crippen LogP contribution in [0.3, 0.4) is 0 Å². The van der Waals surface area contributed by atoms with Crippen LogP contribution < -0.4 is 15.0 Å². The number of nitrogens with one attached hydrogen (secondary N) is 1. The van der Waals surface area contributed by atoms with Crippen molar-refractivity contribution in [2.45, 2.75) is 37.8 Å². The Balaban J connectivity index is 1.47. The third-order valence-corrected chi connectivity index (χ3v) is 5.71. The fourth-order valence-corrected chi connectivity index (χ4v) is 4.00. The van der Waals surface area contributed by atoms with Crippen LogP contribution in [0.25, 0.3) is 0 Å². The predicted molar refractivity (Wildman–Crippen MR) is 103 cm³/mol. The number of hydrogen-bond donors (Lipinski definition) is 1. The minimum atomic E-state index is -0.367. The van der Waals surface area contributed by atoms with Crippen molar-refractivity contribution in [2.24, 2.45) is 0 Å². The summed E-state index contributed by atoms with van der Waals surface area (Å²) in [5.74, 6) is 0.327. The number of piperidine rings is 2. The van der Waals surface area contributed by atoms with Crippen LogP contribution in [0.5, 0.6) is 5.75 Å². The van der Waals surface area contributed by atoms with Gasteiger partial charge in [-0.15, -0.1) is 0 Å². The van der Waals surface area contributed by atoms with Gasteiger partial charge in [0.25, 0.3) is 0 Å². The summed E-state index contributed by atoms with van der Waals surface area (Å²) in [7, 11) is 3.67. The van der Waals surface area contributed by atoms with E-state index < -0.39 is 0 Å². The van der Waals surface area contributed by atoms with Crippen molar-refractivity contribution in [2.75, 3.05) is 51.8 Å². The molecule has 2 fully saturated rings. The van der Waals surface area contributed by atoms with Crippen LogP contribution in [0.1, 0.15) is 25.7 Å². The monoisotopic (exact) mass is 361 g/mol. The number of methoxy groups -OCH3 is 1. The van der Waals surface area contributed by atoms with Crippen molar-refractivity contribution >= 4 is 11.7 Å². The van der Waals surface area contributed by atoms with E-state index >= 15 is 0 Å². The molecule has 0 aromatic heterocycles. The van der Waals surface area contributed by atoms with E-state index in [1.807, 2.05) is 12.1 Å². The zero-order valence-electron chi connectivity index (χ0n) is 15.9. The summed E-state index contributed by atoms with van der Waals surface area (Å²) in [6.45, 7) is 4.42. The number of anilines is 1. The summed E-state index contributed by atoms with van der Waals surface area (Å²) in [6.07, 6.45) is 4.95. The highest BCUT2D eigenvalue weighted by atomic mass is 16.6. The maximum absolute atomic E-state index is 11.1. The molecule has 0 atom stereocenters. The molecule has 1 N–H and O–H groups in total. The average molecular weight is 361 g/mol. The topological polar surface area (TPSA) is 54.0 Å². The van der Waals surface area contributed by atoms with Gasteiger partial charge < -0.3 is 24.6 Å². The van der Waals surface area contributed by atoms with Gasteiger partial charge in [0.1, 0.15) is 5.75 Å². The van der Waals surface area contributed by atoms with Gasteiger partial charge >= 0.3 is 5.97 Å². The fraction of sp³-hybridized carbons (Fsp3) is 0.650. The molecule has 0 radical (unpaired) electrons. The average Bonchev–Trinajstić information content (AvgIpc) is 2.72. The van der Waals surface area contributed by atoms with Crippen LogP contribution in [0, 0.1) is 0 Å². The molecule has 0 saturated carbocycles. The van der Waals surface area contributed by atoms with E-state index in [1.54, 1.807) is 0 Å². The number of carbonyl (C=O) groups is 1. The van der Waals surface area contributed by atoms with E-state index in [1.165, 1.54) is 38.5 Å². The summed E-state index contributed by atoms with van der Waals surface area (Å²) in [4.78, 5) is 16.2. The van der Waals surface area contributed by atoms with Gasteiger partial charge in [-0.1, -0.05) is 0 Å². The van der Waals surface area contributed by atoms with Crippen molar-refractivity contribution < 1.29 is 14.3 Å². The van der Waals surface area contributed by atoms with E-state index in [4.69, 9.17) is 4.74 Å².